The van der Waals surface area contributed by atoms with Gasteiger partial charge in [-0.2, -0.15) is 0 Å². The SMILES string of the molecule is CN1CCC(Nc2ccc3cc([N+](=O)[O-])ccc3n2)CC1. The number of likely N-dealkylation sites (tertiary alicyclic amines) is 1. The first-order valence-corrected chi connectivity index (χ1v) is 7.12. The van der Waals surface area contributed by atoms with Crippen molar-refractivity contribution in [2.24, 2.45) is 0 Å². The Kier molecular flexibility index (Phi) is 3.70. The molecule has 1 aromatic heterocycles. The molecule has 0 radical (unpaired) electrons. The molecule has 0 amide bonds. The van der Waals surface area contributed by atoms with Crippen LogP contribution in [0.15, 0.2) is 30.3 Å². The topological polar surface area (TPSA) is 71.3 Å². The predicted octanol–water partition coefficient (Wildman–Crippen LogP) is 2.65. The van der Waals surface area contributed by atoms with Gasteiger partial charge in [0.2, 0.25) is 0 Å². The highest BCUT2D eigenvalue weighted by molar-refractivity contribution is 5.82. The van der Waals surface area contributed by atoms with Crippen LogP contribution in [0.1, 0.15) is 12.8 Å². The quantitative estimate of drug-likeness (QED) is 0.693. The molecule has 0 spiro atoms. The number of hydrogen-bond donors (Lipinski definition) is 1. The third-order valence-electron chi connectivity index (χ3n) is 3.95. The first-order valence-electron chi connectivity index (χ1n) is 7.12. The van der Waals surface area contributed by atoms with Gasteiger partial charge in [0, 0.05) is 23.6 Å². The van der Waals surface area contributed by atoms with Gasteiger partial charge in [0.05, 0.1) is 10.4 Å². The summed E-state index contributed by atoms with van der Waals surface area (Å²) in [6, 6.07) is 8.98. The van der Waals surface area contributed by atoms with Crippen LogP contribution in [0.2, 0.25) is 0 Å². The molecule has 1 fully saturated rings. The molecule has 2 aromatic rings. The highest BCUT2D eigenvalue weighted by atomic mass is 16.6. The molecule has 6 heteroatoms. The Bertz CT molecular complexity index is 666. The standard InChI is InChI=1S/C15H18N4O2/c1-18-8-6-12(7-9-18)16-15-5-2-11-10-13(19(20)21)3-4-14(11)17-15/h2-5,10,12H,6-9H2,1H3,(H,16,17). The monoisotopic (exact) mass is 286 g/mol. The normalized spacial score (nSPS) is 17.0. The van der Waals surface area contributed by atoms with Crippen molar-refractivity contribution in [1.29, 1.82) is 0 Å². The molecule has 0 bridgehead atoms. The van der Waals surface area contributed by atoms with E-state index in [-0.39, 0.29) is 10.6 Å². The number of rotatable bonds is 3. The third-order valence-corrected chi connectivity index (χ3v) is 3.95. The average Bonchev–Trinajstić information content (AvgIpc) is 2.49. The lowest BCUT2D eigenvalue weighted by Gasteiger charge is -2.29. The minimum atomic E-state index is -0.385. The summed E-state index contributed by atoms with van der Waals surface area (Å²) in [6.07, 6.45) is 2.22. The molecule has 1 aliphatic heterocycles. The molecular formula is C15H18N4O2. The number of piperidine rings is 1. The number of pyridine rings is 1. The summed E-state index contributed by atoms with van der Waals surface area (Å²) < 4.78 is 0. The molecule has 0 saturated carbocycles. The predicted molar refractivity (Wildman–Crippen MR) is 82.5 cm³/mol. The van der Waals surface area contributed by atoms with Gasteiger partial charge in [0.1, 0.15) is 5.82 Å². The van der Waals surface area contributed by atoms with Crippen LogP contribution in [0.3, 0.4) is 0 Å². The summed E-state index contributed by atoms with van der Waals surface area (Å²) in [6.45, 7) is 2.19. The highest BCUT2D eigenvalue weighted by Gasteiger charge is 2.16. The van der Waals surface area contributed by atoms with Crippen LogP contribution >= 0.6 is 0 Å². The lowest BCUT2D eigenvalue weighted by molar-refractivity contribution is -0.384. The third kappa shape index (κ3) is 3.11. The fraction of sp³-hybridized carbons (Fsp3) is 0.400. The Balaban J connectivity index is 1.78. The Hall–Kier alpha value is -2.21. The highest BCUT2D eigenvalue weighted by Crippen LogP contribution is 2.22. The summed E-state index contributed by atoms with van der Waals surface area (Å²) in [5.41, 5.74) is 0.874. The van der Waals surface area contributed by atoms with Crippen molar-refractivity contribution in [2.45, 2.75) is 18.9 Å². The molecule has 0 unspecified atom stereocenters. The molecule has 1 aromatic carbocycles. The molecule has 21 heavy (non-hydrogen) atoms. The van der Waals surface area contributed by atoms with Crippen LogP contribution in [-0.2, 0) is 0 Å². The lowest BCUT2D eigenvalue weighted by Crippen LogP contribution is -2.36. The molecule has 6 nitrogen and oxygen atoms in total. The van der Waals surface area contributed by atoms with E-state index in [1.54, 1.807) is 12.1 Å². The van der Waals surface area contributed by atoms with E-state index in [4.69, 9.17) is 0 Å². The van der Waals surface area contributed by atoms with E-state index in [0.29, 0.717) is 6.04 Å². The number of nitrogens with one attached hydrogen (secondary N) is 1. The van der Waals surface area contributed by atoms with Crippen LogP contribution in [0.4, 0.5) is 11.5 Å². The van der Waals surface area contributed by atoms with Crippen LogP contribution in [0, 0.1) is 10.1 Å². The molecule has 0 aliphatic carbocycles. The van der Waals surface area contributed by atoms with Crippen molar-refractivity contribution in [3.63, 3.8) is 0 Å². The zero-order valence-electron chi connectivity index (χ0n) is 12.0. The van der Waals surface area contributed by atoms with Crippen molar-refractivity contribution in [3.8, 4) is 0 Å². The van der Waals surface area contributed by atoms with Crippen molar-refractivity contribution in [2.75, 3.05) is 25.5 Å². The number of nitro benzene ring substituents is 1. The number of fused-ring (bicyclic) bond motifs is 1. The first-order chi connectivity index (χ1) is 10.1. The number of hydrogen-bond acceptors (Lipinski definition) is 5. The van der Waals surface area contributed by atoms with Gasteiger partial charge >= 0.3 is 0 Å². The molecule has 3 rings (SSSR count). The van der Waals surface area contributed by atoms with Crippen molar-refractivity contribution in [1.82, 2.24) is 9.88 Å². The number of nitro groups is 1. The second-order valence-electron chi connectivity index (χ2n) is 5.55. The van der Waals surface area contributed by atoms with E-state index in [0.717, 1.165) is 42.7 Å². The van der Waals surface area contributed by atoms with Crippen LogP contribution in [0.5, 0.6) is 0 Å². The van der Waals surface area contributed by atoms with E-state index >= 15 is 0 Å². The van der Waals surface area contributed by atoms with Crippen molar-refractivity contribution in [3.05, 3.63) is 40.4 Å². The van der Waals surface area contributed by atoms with Gasteiger partial charge in [0.25, 0.3) is 5.69 Å². The Morgan fingerprint density at radius 3 is 2.76 bits per heavy atom. The largest absolute Gasteiger partial charge is 0.367 e. The number of non-ortho nitro benzene ring substituents is 1. The smallest absolute Gasteiger partial charge is 0.270 e. The summed E-state index contributed by atoms with van der Waals surface area (Å²) in [4.78, 5) is 17.3. The Labute approximate surface area is 122 Å². The molecule has 1 aliphatic rings. The van der Waals surface area contributed by atoms with Gasteiger partial charge in [-0.25, -0.2) is 4.98 Å². The Morgan fingerprint density at radius 2 is 2.05 bits per heavy atom. The lowest BCUT2D eigenvalue weighted by atomic mass is 10.1. The van der Waals surface area contributed by atoms with E-state index in [1.807, 2.05) is 12.1 Å². The maximum Gasteiger partial charge on any atom is 0.270 e. The van der Waals surface area contributed by atoms with E-state index in [2.05, 4.69) is 22.2 Å². The van der Waals surface area contributed by atoms with E-state index < -0.39 is 0 Å². The minimum absolute atomic E-state index is 0.0975. The maximum absolute atomic E-state index is 10.8. The molecular weight excluding hydrogens is 268 g/mol. The van der Waals surface area contributed by atoms with Crippen LogP contribution in [0.25, 0.3) is 10.9 Å². The number of nitrogens with zero attached hydrogens (tertiary/aromatic N) is 3. The second-order valence-corrected chi connectivity index (χ2v) is 5.55. The number of anilines is 1. The van der Waals surface area contributed by atoms with E-state index in [9.17, 15) is 10.1 Å². The maximum atomic E-state index is 10.8. The minimum Gasteiger partial charge on any atom is -0.367 e. The van der Waals surface area contributed by atoms with E-state index in [1.165, 1.54) is 6.07 Å². The fourth-order valence-electron chi connectivity index (χ4n) is 2.67. The zero-order chi connectivity index (χ0) is 14.8. The van der Waals surface area contributed by atoms with Crippen molar-refractivity contribution >= 4 is 22.4 Å². The summed E-state index contributed by atoms with van der Waals surface area (Å²) in [7, 11) is 2.14. The van der Waals surface area contributed by atoms with Gasteiger partial charge in [-0.3, -0.25) is 10.1 Å². The van der Waals surface area contributed by atoms with Gasteiger partial charge in [-0.1, -0.05) is 0 Å². The van der Waals surface area contributed by atoms with Crippen molar-refractivity contribution < 1.29 is 4.92 Å². The summed E-state index contributed by atoms with van der Waals surface area (Å²) >= 11 is 0. The second kappa shape index (κ2) is 5.65. The summed E-state index contributed by atoms with van der Waals surface area (Å²) in [5, 5.41) is 15.0. The molecule has 1 N–H and O–H groups in total. The van der Waals surface area contributed by atoms with Gasteiger partial charge in [-0.05, 0) is 51.2 Å². The van der Waals surface area contributed by atoms with Gasteiger partial charge in [0.15, 0.2) is 0 Å². The molecule has 110 valence electrons. The van der Waals surface area contributed by atoms with Gasteiger partial charge < -0.3 is 10.2 Å². The average molecular weight is 286 g/mol. The first kappa shape index (κ1) is 13.8. The molecule has 1 saturated heterocycles. The number of benzene rings is 1. The fourth-order valence-corrected chi connectivity index (χ4v) is 2.67. The zero-order valence-corrected chi connectivity index (χ0v) is 12.0. The van der Waals surface area contributed by atoms with Gasteiger partial charge in [-0.15, -0.1) is 0 Å². The number of aromatic nitrogens is 1. The molecule has 0 atom stereocenters. The van der Waals surface area contributed by atoms with Crippen LogP contribution < -0.4 is 5.32 Å². The molecule has 2 heterocycles. The summed E-state index contributed by atoms with van der Waals surface area (Å²) in [5.74, 6) is 0.839. The Morgan fingerprint density at radius 1 is 1.29 bits per heavy atom. The van der Waals surface area contributed by atoms with Crippen LogP contribution in [-0.4, -0.2) is 41.0 Å².